The van der Waals surface area contributed by atoms with E-state index in [1.807, 2.05) is 11.8 Å². The van der Waals surface area contributed by atoms with Crippen LogP contribution >= 0.6 is 0 Å². The van der Waals surface area contributed by atoms with E-state index >= 15 is 4.39 Å². The smallest absolute Gasteiger partial charge is 0.345 e. The standard InChI is InChI=1S/C23H30FN3O6S/c1-5-33-23(29)17-20(28)15-10-16(24)19(26-9-8-13(11-26)12(2)25)21(32-3)18(15)27(14-6-7-14)22(17)34(4,30)31/h10,12-14H,5-9,11,25H2,1-4H3/t12-,13?/m0/s1. The molecule has 2 heterocycles. The molecule has 1 saturated heterocycles. The summed E-state index contributed by atoms with van der Waals surface area (Å²) in [7, 11) is -2.69. The van der Waals surface area contributed by atoms with Crippen LogP contribution in [0.2, 0.25) is 0 Å². The molecule has 2 N–H and O–H groups in total. The van der Waals surface area contributed by atoms with Crippen LogP contribution in [-0.2, 0) is 14.6 Å². The molecule has 1 aromatic heterocycles. The summed E-state index contributed by atoms with van der Waals surface area (Å²) in [5, 5.41) is -0.542. The second-order valence-corrected chi connectivity index (χ2v) is 11.0. The predicted octanol–water partition coefficient (Wildman–Crippen LogP) is 2.24. The fourth-order valence-corrected chi connectivity index (χ4v) is 5.95. The molecule has 9 nitrogen and oxygen atoms in total. The van der Waals surface area contributed by atoms with Gasteiger partial charge >= 0.3 is 5.97 Å². The molecule has 0 amide bonds. The Morgan fingerprint density at radius 3 is 2.50 bits per heavy atom. The highest BCUT2D eigenvalue weighted by Gasteiger charge is 2.39. The maximum atomic E-state index is 15.6. The molecule has 1 aliphatic heterocycles. The van der Waals surface area contributed by atoms with Crippen LogP contribution < -0.4 is 20.8 Å². The van der Waals surface area contributed by atoms with Crippen molar-refractivity contribution in [3.63, 3.8) is 0 Å². The second-order valence-electron chi connectivity index (χ2n) is 9.09. The number of sulfone groups is 1. The zero-order valence-electron chi connectivity index (χ0n) is 19.8. The van der Waals surface area contributed by atoms with Gasteiger partial charge in [0, 0.05) is 31.4 Å². The molecule has 1 saturated carbocycles. The Balaban J connectivity index is 2.12. The van der Waals surface area contributed by atoms with Crippen molar-refractivity contribution in [1.29, 1.82) is 0 Å². The average molecular weight is 496 g/mol. The van der Waals surface area contributed by atoms with E-state index in [0.29, 0.717) is 25.9 Å². The summed E-state index contributed by atoms with van der Waals surface area (Å²) >= 11 is 0. The number of fused-ring (bicyclic) bond motifs is 1. The summed E-state index contributed by atoms with van der Waals surface area (Å²) in [5.41, 5.74) is 4.89. The van der Waals surface area contributed by atoms with Crippen LogP contribution in [0.5, 0.6) is 5.75 Å². The molecule has 2 aromatic rings. The zero-order chi connectivity index (χ0) is 24.9. The molecule has 2 atom stereocenters. The van der Waals surface area contributed by atoms with Crippen LogP contribution in [-0.4, -0.2) is 58.1 Å². The lowest BCUT2D eigenvalue weighted by Crippen LogP contribution is -2.31. The number of nitrogens with zero attached hydrogens (tertiary/aromatic N) is 2. The molecule has 186 valence electrons. The molecule has 1 unspecified atom stereocenters. The molecule has 34 heavy (non-hydrogen) atoms. The molecule has 1 aromatic carbocycles. The van der Waals surface area contributed by atoms with Crippen molar-refractivity contribution in [2.75, 3.05) is 38.0 Å². The van der Waals surface area contributed by atoms with Crippen molar-refractivity contribution in [3.05, 3.63) is 27.7 Å². The minimum absolute atomic E-state index is 0.0464. The first kappa shape index (κ1) is 24.5. The third-order valence-electron chi connectivity index (χ3n) is 6.56. The van der Waals surface area contributed by atoms with Gasteiger partial charge in [-0.2, -0.15) is 0 Å². The quantitative estimate of drug-likeness (QED) is 0.581. The van der Waals surface area contributed by atoms with Crippen molar-refractivity contribution < 1.29 is 27.1 Å². The molecule has 0 radical (unpaired) electrons. The number of hydrogen-bond acceptors (Lipinski definition) is 8. The Hall–Kier alpha value is -2.66. The number of benzene rings is 1. The number of esters is 1. The third-order valence-corrected chi connectivity index (χ3v) is 7.66. The molecule has 4 rings (SSSR count). The lowest BCUT2D eigenvalue weighted by atomic mass is 10.0. The second kappa shape index (κ2) is 8.84. The molecule has 0 spiro atoms. The largest absolute Gasteiger partial charge is 0.492 e. The van der Waals surface area contributed by atoms with Gasteiger partial charge < -0.3 is 24.7 Å². The number of nitrogens with two attached hydrogens (primary N) is 1. The van der Waals surface area contributed by atoms with Gasteiger partial charge in [0.25, 0.3) is 0 Å². The van der Waals surface area contributed by atoms with Gasteiger partial charge in [0.1, 0.15) is 11.3 Å². The number of anilines is 1. The number of carbonyl (C=O) groups excluding carboxylic acids is 1. The number of aromatic nitrogens is 1. The van der Waals surface area contributed by atoms with Crippen LogP contribution in [0.4, 0.5) is 10.1 Å². The monoisotopic (exact) mass is 495 g/mol. The maximum absolute atomic E-state index is 15.6. The Labute approximate surface area is 197 Å². The number of ether oxygens (including phenoxy) is 2. The van der Waals surface area contributed by atoms with E-state index in [1.54, 1.807) is 6.92 Å². The topological polar surface area (TPSA) is 121 Å². The van der Waals surface area contributed by atoms with Gasteiger partial charge in [-0.3, -0.25) is 4.79 Å². The summed E-state index contributed by atoms with van der Waals surface area (Å²) in [6.45, 7) is 4.46. The summed E-state index contributed by atoms with van der Waals surface area (Å²) < 4.78 is 53.5. The predicted molar refractivity (Wildman–Crippen MR) is 126 cm³/mol. The van der Waals surface area contributed by atoms with Gasteiger partial charge in [-0.15, -0.1) is 0 Å². The van der Waals surface area contributed by atoms with E-state index in [4.69, 9.17) is 15.2 Å². The van der Waals surface area contributed by atoms with Crippen LogP contribution in [0.15, 0.2) is 15.9 Å². The molecular weight excluding hydrogens is 465 g/mol. The lowest BCUT2D eigenvalue weighted by Gasteiger charge is -2.26. The maximum Gasteiger partial charge on any atom is 0.345 e. The number of rotatable bonds is 7. The number of halogens is 1. The van der Waals surface area contributed by atoms with Gasteiger partial charge in [-0.1, -0.05) is 0 Å². The number of pyridine rings is 1. The van der Waals surface area contributed by atoms with Crippen molar-refractivity contribution in [2.24, 2.45) is 11.7 Å². The van der Waals surface area contributed by atoms with E-state index in [0.717, 1.165) is 18.7 Å². The fraction of sp³-hybridized carbons (Fsp3) is 0.565. The van der Waals surface area contributed by atoms with E-state index in [-0.39, 0.29) is 46.9 Å². The minimum Gasteiger partial charge on any atom is -0.492 e. The molecule has 1 aliphatic carbocycles. The van der Waals surface area contributed by atoms with Gasteiger partial charge in [-0.05, 0) is 45.1 Å². The zero-order valence-corrected chi connectivity index (χ0v) is 20.6. The summed E-state index contributed by atoms with van der Waals surface area (Å²) in [5.74, 6) is -1.50. The van der Waals surface area contributed by atoms with Crippen LogP contribution in [0.1, 0.15) is 49.5 Å². The van der Waals surface area contributed by atoms with E-state index in [2.05, 4.69) is 0 Å². The van der Waals surface area contributed by atoms with Crippen molar-refractivity contribution >= 4 is 32.4 Å². The molecule has 11 heteroatoms. The fourth-order valence-electron chi connectivity index (χ4n) is 4.81. The highest BCUT2D eigenvalue weighted by atomic mass is 32.2. The highest BCUT2D eigenvalue weighted by Crippen LogP contribution is 2.46. The summed E-state index contributed by atoms with van der Waals surface area (Å²) in [6, 6.07) is 0.722. The molecule has 2 aliphatic rings. The van der Waals surface area contributed by atoms with Gasteiger partial charge in [0.2, 0.25) is 5.43 Å². The number of methoxy groups -OCH3 is 1. The SMILES string of the molecule is CCOC(=O)c1c(S(C)(=O)=O)n(C2CC2)c2c(OC)c(N3CCC([C@H](C)N)C3)c(F)cc2c1=O. The summed E-state index contributed by atoms with van der Waals surface area (Å²) in [4.78, 5) is 28.0. The lowest BCUT2D eigenvalue weighted by molar-refractivity contribution is 0.0518. The third kappa shape index (κ3) is 4.04. The normalized spacial score (nSPS) is 19.5. The van der Waals surface area contributed by atoms with Gasteiger partial charge in [0.05, 0.1) is 24.6 Å². The van der Waals surface area contributed by atoms with Crippen LogP contribution in [0.3, 0.4) is 0 Å². The van der Waals surface area contributed by atoms with E-state index < -0.39 is 37.6 Å². The first-order valence-electron chi connectivity index (χ1n) is 11.4. The summed E-state index contributed by atoms with van der Waals surface area (Å²) in [6.07, 6.45) is 3.01. The first-order chi connectivity index (χ1) is 16.0. The van der Waals surface area contributed by atoms with Crippen molar-refractivity contribution in [1.82, 2.24) is 4.57 Å². The highest BCUT2D eigenvalue weighted by molar-refractivity contribution is 7.90. The first-order valence-corrected chi connectivity index (χ1v) is 13.3. The molecule has 2 fully saturated rings. The number of hydrogen-bond donors (Lipinski definition) is 1. The van der Waals surface area contributed by atoms with E-state index in [9.17, 15) is 18.0 Å². The van der Waals surface area contributed by atoms with Gasteiger partial charge in [-0.25, -0.2) is 17.6 Å². The Bertz CT molecular complexity index is 1320. The van der Waals surface area contributed by atoms with Crippen molar-refractivity contribution in [2.45, 2.75) is 50.2 Å². The Morgan fingerprint density at radius 2 is 2.00 bits per heavy atom. The van der Waals surface area contributed by atoms with E-state index in [1.165, 1.54) is 11.7 Å². The minimum atomic E-state index is -4.05. The average Bonchev–Trinajstić information content (AvgIpc) is 3.47. The van der Waals surface area contributed by atoms with Crippen LogP contribution in [0, 0.1) is 11.7 Å². The Morgan fingerprint density at radius 1 is 1.32 bits per heavy atom. The number of carbonyl (C=O) groups is 1. The van der Waals surface area contributed by atoms with Gasteiger partial charge in [0.15, 0.2) is 26.4 Å². The van der Waals surface area contributed by atoms with Crippen LogP contribution in [0.25, 0.3) is 10.9 Å². The van der Waals surface area contributed by atoms with Crippen molar-refractivity contribution in [3.8, 4) is 5.75 Å². The molecule has 0 bridgehead atoms. The Kier molecular flexibility index (Phi) is 6.36. The molecular formula is C23H30FN3O6S.